The Morgan fingerprint density at radius 2 is 2.05 bits per heavy atom. The molecular weight excluding hydrogens is 240 g/mol. The Labute approximate surface area is 116 Å². The minimum atomic E-state index is -0.615. The molecule has 2 heterocycles. The third-order valence-electron chi connectivity index (χ3n) is 4.80. The van der Waals surface area contributed by atoms with Gasteiger partial charge < -0.3 is 10.0 Å². The van der Waals surface area contributed by atoms with Gasteiger partial charge in [-0.3, -0.25) is 9.69 Å². The second-order valence-electron chi connectivity index (χ2n) is 6.30. The Morgan fingerprint density at radius 3 is 2.68 bits per heavy atom. The van der Waals surface area contributed by atoms with E-state index in [0.29, 0.717) is 12.0 Å². The standard InChI is InChI=1S/C15H28N2O2/c1-3-7-16-8-4-5-13(6-9-16)17-10-12(2)14(11-17)15(18)19/h12-14H,3-11H2,1-2H3,(H,18,19)/t12-,13?,14-/m1/s1. The highest BCUT2D eigenvalue weighted by molar-refractivity contribution is 5.71. The molecule has 1 unspecified atom stereocenters. The number of carbonyl (C=O) groups is 1. The lowest BCUT2D eigenvalue weighted by molar-refractivity contribution is -0.142. The first-order valence-corrected chi connectivity index (χ1v) is 7.81. The quantitative estimate of drug-likeness (QED) is 0.846. The smallest absolute Gasteiger partial charge is 0.308 e. The predicted molar refractivity (Wildman–Crippen MR) is 76.2 cm³/mol. The van der Waals surface area contributed by atoms with Gasteiger partial charge in [-0.2, -0.15) is 0 Å². The summed E-state index contributed by atoms with van der Waals surface area (Å²) in [4.78, 5) is 16.2. The molecule has 0 aliphatic carbocycles. The molecule has 0 radical (unpaired) electrons. The average molecular weight is 268 g/mol. The molecule has 19 heavy (non-hydrogen) atoms. The van der Waals surface area contributed by atoms with Gasteiger partial charge in [-0.05, 0) is 51.2 Å². The van der Waals surface area contributed by atoms with Crippen LogP contribution < -0.4 is 0 Å². The lowest BCUT2D eigenvalue weighted by Crippen LogP contribution is -2.35. The van der Waals surface area contributed by atoms with Gasteiger partial charge in [0.2, 0.25) is 0 Å². The van der Waals surface area contributed by atoms with Crippen molar-refractivity contribution in [2.75, 3.05) is 32.7 Å². The summed E-state index contributed by atoms with van der Waals surface area (Å²) in [5.74, 6) is -0.473. The van der Waals surface area contributed by atoms with Gasteiger partial charge in [-0.15, -0.1) is 0 Å². The SMILES string of the molecule is CCCN1CCCC(N2C[C@@H](C)[C@H](C(=O)O)C2)CC1. The molecule has 0 saturated carbocycles. The molecular formula is C15H28N2O2. The molecule has 4 nitrogen and oxygen atoms in total. The normalized spacial score (nSPS) is 34.3. The third-order valence-corrected chi connectivity index (χ3v) is 4.80. The van der Waals surface area contributed by atoms with E-state index in [1.54, 1.807) is 0 Å². The minimum Gasteiger partial charge on any atom is -0.481 e. The van der Waals surface area contributed by atoms with Gasteiger partial charge in [0.05, 0.1) is 5.92 Å². The number of aliphatic carboxylic acids is 1. The molecule has 2 aliphatic rings. The van der Waals surface area contributed by atoms with Gasteiger partial charge in [0.1, 0.15) is 0 Å². The van der Waals surface area contributed by atoms with Crippen molar-refractivity contribution >= 4 is 5.97 Å². The van der Waals surface area contributed by atoms with Crippen LogP contribution in [0, 0.1) is 11.8 Å². The number of hydrogen-bond donors (Lipinski definition) is 1. The van der Waals surface area contributed by atoms with E-state index >= 15 is 0 Å². The summed E-state index contributed by atoms with van der Waals surface area (Å²) in [5.41, 5.74) is 0. The molecule has 2 aliphatic heterocycles. The summed E-state index contributed by atoms with van der Waals surface area (Å²) in [6.45, 7) is 9.66. The van der Waals surface area contributed by atoms with Gasteiger partial charge in [0, 0.05) is 19.1 Å². The van der Waals surface area contributed by atoms with Crippen molar-refractivity contribution in [3.05, 3.63) is 0 Å². The average Bonchev–Trinajstić information content (AvgIpc) is 2.60. The summed E-state index contributed by atoms with van der Waals surface area (Å²) in [6, 6.07) is 0.605. The number of likely N-dealkylation sites (tertiary alicyclic amines) is 2. The van der Waals surface area contributed by atoms with Gasteiger partial charge in [0.15, 0.2) is 0 Å². The van der Waals surface area contributed by atoms with Crippen molar-refractivity contribution in [1.29, 1.82) is 0 Å². The molecule has 0 aromatic carbocycles. The predicted octanol–water partition coefficient (Wildman–Crippen LogP) is 1.90. The van der Waals surface area contributed by atoms with Crippen molar-refractivity contribution in [2.24, 2.45) is 11.8 Å². The van der Waals surface area contributed by atoms with Crippen molar-refractivity contribution < 1.29 is 9.90 Å². The fourth-order valence-corrected chi connectivity index (χ4v) is 3.67. The highest BCUT2D eigenvalue weighted by Crippen LogP contribution is 2.28. The Balaban J connectivity index is 1.87. The van der Waals surface area contributed by atoms with E-state index in [1.807, 2.05) is 0 Å². The number of carboxylic acids is 1. The summed E-state index contributed by atoms with van der Waals surface area (Å²) < 4.78 is 0. The number of carboxylic acid groups (broad SMARTS) is 1. The van der Waals surface area contributed by atoms with Gasteiger partial charge >= 0.3 is 5.97 Å². The van der Waals surface area contributed by atoms with Crippen LogP contribution in [0.2, 0.25) is 0 Å². The summed E-state index contributed by atoms with van der Waals surface area (Å²) in [6.07, 6.45) is 4.93. The van der Waals surface area contributed by atoms with Crippen molar-refractivity contribution in [3.8, 4) is 0 Å². The van der Waals surface area contributed by atoms with Crippen molar-refractivity contribution in [2.45, 2.75) is 45.6 Å². The lowest BCUT2D eigenvalue weighted by Gasteiger charge is -2.27. The Bertz CT molecular complexity index is 309. The number of nitrogens with zero attached hydrogens (tertiary/aromatic N) is 2. The highest BCUT2D eigenvalue weighted by Gasteiger charge is 2.37. The molecule has 0 amide bonds. The van der Waals surface area contributed by atoms with E-state index < -0.39 is 5.97 Å². The Kier molecular flexibility index (Phi) is 5.22. The molecule has 4 heteroatoms. The topological polar surface area (TPSA) is 43.8 Å². The van der Waals surface area contributed by atoms with Crippen LogP contribution in [-0.2, 0) is 4.79 Å². The van der Waals surface area contributed by atoms with Crippen LogP contribution in [-0.4, -0.2) is 59.6 Å². The molecule has 0 aromatic heterocycles. The molecule has 3 atom stereocenters. The second-order valence-corrected chi connectivity index (χ2v) is 6.30. The van der Waals surface area contributed by atoms with Crippen LogP contribution in [0.25, 0.3) is 0 Å². The van der Waals surface area contributed by atoms with Crippen LogP contribution in [0.3, 0.4) is 0 Å². The van der Waals surface area contributed by atoms with Crippen LogP contribution >= 0.6 is 0 Å². The summed E-state index contributed by atoms with van der Waals surface area (Å²) in [5, 5.41) is 9.23. The van der Waals surface area contributed by atoms with Crippen LogP contribution in [0.5, 0.6) is 0 Å². The first kappa shape index (κ1) is 14.8. The highest BCUT2D eigenvalue weighted by atomic mass is 16.4. The van der Waals surface area contributed by atoms with Crippen LogP contribution in [0.4, 0.5) is 0 Å². The molecule has 110 valence electrons. The third kappa shape index (κ3) is 3.69. The molecule has 1 N–H and O–H groups in total. The molecule has 2 fully saturated rings. The lowest BCUT2D eigenvalue weighted by atomic mass is 9.99. The maximum absolute atomic E-state index is 11.2. The van der Waals surface area contributed by atoms with E-state index in [0.717, 1.165) is 13.1 Å². The van der Waals surface area contributed by atoms with Crippen LogP contribution in [0.15, 0.2) is 0 Å². The maximum Gasteiger partial charge on any atom is 0.308 e. The number of rotatable bonds is 4. The fourth-order valence-electron chi connectivity index (χ4n) is 3.67. The van der Waals surface area contributed by atoms with Gasteiger partial charge in [-0.25, -0.2) is 0 Å². The maximum atomic E-state index is 11.2. The van der Waals surface area contributed by atoms with E-state index in [2.05, 4.69) is 23.6 Å². The largest absolute Gasteiger partial charge is 0.481 e. The van der Waals surface area contributed by atoms with E-state index in [4.69, 9.17) is 0 Å². The molecule has 2 saturated heterocycles. The molecule has 0 spiro atoms. The summed E-state index contributed by atoms with van der Waals surface area (Å²) in [7, 11) is 0. The van der Waals surface area contributed by atoms with Gasteiger partial charge in [0.25, 0.3) is 0 Å². The molecule has 0 bridgehead atoms. The number of hydrogen-bond acceptors (Lipinski definition) is 3. The van der Waals surface area contributed by atoms with Crippen LogP contribution in [0.1, 0.15) is 39.5 Å². The zero-order valence-corrected chi connectivity index (χ0v) is 12.3. The van der Waals surface area contributed by atoms with E-state index in [-0.39, 0.29) is 5.92 Å². The Hall–Kier alpha value is -0.610. The monoisotopic (exact) mass is 268 g/mol. The van der Waals surface area contributed by atoms with Crippen molar-refractivity contribution in [1.82, 2.24) is 9.80 Å². The minimum absolute atomic E-state index is 0.157. The first-order valence-electron chi connectivity index (χ1n) is 7.81. The van der Waals surface area contributed by atoms with Gasteiger partial charge in [-0.1, -0.05) is 13.8 Å². The van der Waals surface area contributed by atoms with E-state index in [1.165, 1.54) is 45.3 Å². The molecule has 0 aromatic rings. The fraction of sp³-hybridized carbons (Fsp3) is 0.933. The zero-order valence-electron chi connectivity index (χ0n) is 12.3. The second kappa shape index (κ2) is 6.71. The first-order chi connectivity index (χ1) is 9.11. The molecule has 2 rings (SSSR count). The summed E-state index contributed by atoms with van der Waals surface area (Å²) >= 11 is 0. The zero-order chi connectivity index (χ0) is 13.8. The van der Waals surface area contributed by atoms with E-state index in [9.17, 15) is 9.90 Å². The Morgan fingerprint density at radius 1 is 1.26 bits per heavy atom. The van der Waals surface area contributed by atoms with Crippen molar-refractivity contribution in [3.63, 3.8) is 0 Å².